The van der Waals surface area contributed by atoms with Crippen LogP contribution < -0.4 is 14.2 Å². The van der Waals surface area contributed by atoms with Crippen molar-refractivity contribution >= 4 is 51.4 Å². The van der Waals surface area contributed by atoms with Crippen LogP contribution in [-0.4, -0.2) is 47.3 Å². The van der Waals surface area contributed by atoms with E-state index in [2.05, 4.69) is 10.1 Å². The van der Waals surface area contributed by atoms with Crippen LogP contribution in [0.15, 0.2) is 46.0 Å². The molecule has 0 radical (unpaired) electrons. The molecule has 176 valence electrons. The van der Waals surface area contributed by atoms with Gasteiger partial charge in [0.15, 0.2) is 17.3 Å². The number of amidine groups is 2. The van der Waals surface area contributed by atoms with Crippen molar-refractivity contribution in [1.82, 2.24) is 5.01 Å². The Labute approximate surface area is 206 Å². The molecule has 2 aromatic rings. The number of benzene rings is 2. The molecule has 0 bridgehead atoms. The largest absolute Gasteiger partial charge is 0.493 e. The number of carbonyl (C=O) groups excluding carboxylic acids is 1. The second kappa shape index (κ2) is 9.90. The zero-order valence-corrected chi connectivity index (χ0v) is 20.7. The van der Waals surface area contributed by atoms with E-state index in [4.69, 9.17) is 31.2 Å². The Balaban J connectivity index is 1.49. The number of carbonyl (C=O) groups is 1. The van der Waals surface area contributed by atoms with Gasteiger partial charge in [-0.15, -0.1) is 0 Å². The molecule has 0 atom stereocenters. The zero-order chi connectivity index (χ0) is 24.4. The van der Waals surface area contributed by atoms with Crippen LogP contribution in [-0.2, 0) is 4.79 Å². The minimum atomic E-state index is -0.507. The van der Waals surface area contributed by atoms with Gasteiger partial charge in [-0.25, -0.2) is 0 Å². The number of amides is 1. The van der Waals surface area contributed by atoms with Crippen LogP contribution >= 0.6 is 23.4 Å². The van der Waals surface area contributed by atoms with Gasteiger partial charge in [0.1, 0.15) is 19.0 Å². The van der Waals surface area contributed by atoms with Crippen molar-refractivity contribution in [1.29, 1.82) is 5.41 Å². The van der Waals surface area contributed by atoms with Gasteiger partial charge >= 0.3 is 0 Å². The standard InChI is InChI=1S/C24H23ClN4O4S/c1-13-5-6-14(2)19(9-13)32-7-8-33-21-18(25)11-16(12-20(21)31-4)10-17-22(26)29-24(27-23(17)30)34-15(3)28-29/h5-6,9-12,26H,7-8H2,1-4H3. The number of nitrogens with one attached hydrogen (secondary N) is 1. The number of rotatable bonds is 7. The third-order valence-corrected chi connectivity index (χ3v) is 6.15. The minimum absolute atomic E-state index is 0.0432. The van der Waals surface area contributed by atoms with Crippen LogP contribution in [0.25, 0.3) is 6.08 Å². The summed E-state index contributed by atoms with van der Waals surface area (Å²) in [5.41, 5.74) is 2.84. The van der Waals surface area contributed by atoms with Gasteiger partial charge in [0.05, 0.1) is 22.7 Å². The molecule has 0 saturated heterocycles. The Hall–Kier alpha value is -3.30. The van der Waals surface area contributed by atoms with E-state index in [9.17, 15) is 4.79 Å². The summed E-state index contributed by atoms with van der Waals surface area (Å²) in [4.78, 5) is 16.5. The monoisotopic (exact) mass is 498 g/mol. The Morgan fingerprint density at radius 2 is 1.88 bits per heavy atom. The predicted octanol–water partition coefficient (Wildman–Crippen LogP) is 5.06. The number of hydrazone groups is 1. The number of nitrogens with zero attached hydrogens (tertiary/aromatic N) is 3. The fraction of sp³-hybridized carbons (Fsp3) is 0.250. The van der Waals surface area contributed by atoms with E-state index in [0.29, 0.717) is 38.9 Å². The van der Waals surface area contributed by atoms with Gasteiger partial charge in [-0.3, -0.25) is 10.2 Å². The lowest BCUT2D eigenvalue weighted by Gasteiger charge is -2.20. The Kier molecular flexibility index (Phi) is 6.95. The Morgan fingerprint density at radius 3 is 2.65 bits per heavy atom. The number of hydrogen-bond donors (Lipinski definition) is 1. The molecule has 0 aromatic heterocycles. The molecule has 8 nitrogen and oxygen atoms in total. The molecule has 34 heavy (non-hydrogen) atoms. The summed E-state index contributed by atoms with van der Waals surface area (Å²) in [6.45, 7) is 6.38. The molecular weight excluding hydrogens is 476 g/mol. The Bertz CT molecular complexity index is 1270. The third kappa shape index (κ3) is 4.95. The van der Waals surface area contributed by atoms with Crippen LogP contribution in [0.1, 0.15) is 23.6 Å². The lowest BCUT2D eigenvalue weighted by Crippen LogP contribution is -2.35. The first kappa shape index (κ1) is 23.8. The van der Waals surface area contributed by atoms with Gasteiger partial charge in [0.2, 0.25) is 5.17 Å². The summed E-state index contributed by atoms with van der Waals surface area (Å²) in [6, 6.07) is 9.36. The van der Waals surface area contributed by atoms with Gasteiger partial charge in [0.25, 0.3) is 5.91 Å². The average Bonchev–Trinajstić information content (AvgIpc) is 3.17. The van der Waals surface area contributed by atoms with Crippen molar-refractivity contribution in [2.45, 2.75) is 20.8 Å². The molecule has 2 heterocycles. The number of halogens is 1. The lowest BCUT2D eigenvalue weighted by atomic mass is 10.1. The lowest BCUT2D eigenvalue weighted by molar-refractivity contribution is -0.114. The van der Waals surface area contributed by atoms with Crippen molar-refractivity contribution in [3.8, 4) is 17.2 Å². The molecule has 0 saturated carbocycles. The topological polar surface area (TPSA) is 96.6 Å². The minimum Gasteiger partial charge on any atom is -0.493 e. The number of methoxy groups -OCH3 is 1. The highest BCUT2D eigenvalue weighted by atomic mass is 35.5. The molecule has 0 fully saturated rings. The quantitative estimate of drug-likeness (QED) is 0.423. The molecule has 0 aliphatic carbocycles. The number of aliphatic imine (C=N–C) groups is 1. The second-order valence-electron chi connectivity index (χ2n) is 7.64. The van der Waals surface area contributed by atoms with Gasteiger partial charge in [-0.05, 0) is 73.5 Å². The van der Waals surface area contributed by atoms with Gasteiger partial charge in [-0.1, -0.05) is 23.7 Å². The van der Waals surface area contributed by atoms with Crippen LogP contribution in [0.4, 0.5) is 0 Å². The van der Waals surface area contributed by atoms with E-state index < -0.39 is 5.91 Å². The van der Waals surface area contributed by atoms with E-state index in [1.807, 2.05) is 32.0 Å². The van der Waals surface area contributed by atoms with E-state index in [1.165, 1.54) is 23.9 Å². The normalized spacial score (nSPS) is 16.4. The molecule has 0 unspecified atom stereocenters. The van der Waals surface area contributed by atoms with Gasteiger partial charge < -0.3 is 14.2 Å². The van der Waals surface area contributed by atoms with Crippen molar-refractivity contribution in [2.75, 3.05) is 20.3 Å². The molecular formula is C24H23ClN4O4S. The third-order valence-electron chi connectivity index (χ3n) is 5.05. The van der Waals surface area contributed by atoms with Crippen molar-refractivity contribution < 1.29 is 19.0 Å². The van der Waals surface area contributed by atoms with E-state index in [-0.39, 0.29) is 18.0 Å². The van der Waals surface area contributed by atoms with Gasteiger partial charge in [0, 0.05) is 0 Å². The first-order chi connectivity index (χ1) is 16.3. The van der Waals surface area contributed by atoms with E-state index >= 15 is 0 Å². The fourth-order valence-electron chi connectivity index (χ4n) is 3.38. The number of fused-ring (bicyclic) bond motifs is 1. The van der Waals surface area contributed by atoms with Crippen molar-refractivity contribution in [2.24, 2.45) is 10.1 Å². The fourth-order valence-corrected chi connectivity index (χ4v) is 4.38. The molecule has 2 aromatic carbocycles. The smallest absolute Gasteiger partial charge is 0.283 e. The van der Waals surface area contributed by atoms with Crippen LogP contribution in [0.2, 0.25) is 5.02 Å². The molecule has 0 spiro atoms. The number of thioether (sulfide) groups is 1. The molecule has 1 amide bonds. The first-order valence-corrected chi connectivity index (χ1v) is 11.6. The predicted molar refractivity (Wildman–Crippen MR) is 136 cm³/mol. The SMILES string of the molecule is COc1cc(C=C2C(=N)N3N=C(C)SC3=NC2=O)cc(Cl)c1OCCOc1cc(C)ccc1C. The van der Waals surface area contributed by atoms with Crippen LogP contribution in [0.5, 0.6) is 17.2 Å². The average molecular weight is 499 g/mol. The summed E-state index contributed by atoms with van der Waals surface area (Å²) in [5, 5.41) is 15.4. The van der Waals surface area contributed by atoms with Crippen molar-refractivity contribution in [3.05, 3.63) is 57.6 Å². The van der Waals surface area contributed by atoms with E-state index in [0.717, 1.165) is 16.9 Å². The number of aryl methyl sites for hydroxylation is 2. The number of ether oxygens (including phenoxy) is 3. The molecule has 2 aliphatic heterocycles. The Morgan fingerprint density at radius 1 is 1.12 bits per heavy atom. The molecule has 1 N–H and O–H groups in total. The van der Waals surface area contributed by atoms with Crippen molar-refractivity contribution in [3.63, 3.8) is 0 Å². The van der Waals surface area contributed by atoms with Gasteiger partial charge in [-0.2, -0.15) is 15.1 Å². The second-order valence-corrected chi connectivity index (χ2v) is 9.21. The maximum atomic E-state index is 12.5. The zero-order valence-electron chi connectivity index (χ0n) is 19.1. The highest BCUT2D eigenvalue weighted by molar-refractivity contribution is 8.26. The van der Waals surface area contributed by atoms with Crippen LogP contribution in [0.3, 0.4) is 0 Å². The summed E-state index contributed by atoms with van der Waals surface area (Å²) < 4.78 is 17.1. The first-order valence-electron chi connectivity index (χ1n) is 10.4. The highest BCUT2D eigenvalue weighted by Gasteiger charge is 2.34. The maximum absolute atomic E-state index is 12.5. The molecule has 10 heteroatoms. The van der Waals surface area contributed by atoms with Crippen LogP contribution in [0, 0.1) is 19.3 Å². The summed E-state index contributed by atoms with van der Waals surface area (Å²) in [5.74, 6) is 1.03. The summed E-state index contributed by atoms with van der Waals surface area (Å²) in [7, 11) is 1.51. The van der Waals surface area contributed by atoms with E-state index in [1.54, 1.807) is 25.1 Å². The maximum Gasteiger partial charge on any atom is 0.283 e. The highest BCUT2D eigenvalue weighted by Crippen LogP contribution is 2.37. The summed E-state index contributed by atoms with van der Waals surface area (Å²) in [6.07, 6.45) is 1.54. The summed E-state index contributed by atoms with van der Waals surface area (Å²) >= 11 is 7.73. The molecule has 4 rings (SSSR count). The number of hydrogen-bond acceptors (Lipinski definition) is 7. The molecule has 2 aliphatic rings.